The minimum Gasteiger partial charge on any atom is -0.354 e. The lowest BCUT2D eigenvalue weighted by molar-refractivity contribution is -0.140. The molecule has 0 saturated carbocycles. The van der Waals surface area contributed by atoms with Gasteiger partial charge in [-0.15, -0.1) is 0 Å². The third-order valence-electron chi connectivity index (χ3n) is 5.53. The molecule has 198 valence electrons. The Bertz CT molecular complexity index is 1120. The Morgan fingerprint density at radius 1 is 1.06 bits per heavy atom. The monoisotopic (exact) mass is 527 g/mol. The molecule has 2 aromatic rings. The summed E-state index contributed by atoms with van der Waals surface area (Å²) in [4.78, 5) is 27.1. The summed E-state index contributed by atoms with van der Waals surface area (Å²) < 4.78 is 64.9. The number of rotatable bonds is 12. The standard InChI is InChI=1S/C25H32F3N3O4S/c1-4-15-29-24(33)19(2)30(18-20-10-6-5-7-11-20)23(32)14-9-16-31(36(3,34)35)22-13-8-12-21(17-22)25(26,27)28/h5-8,10-13,17,19H,4,9,14-16,18H2,1-3H3,(H,29,33)/t19-/m1/s1. The number of amides is 2. The number of carbonyl (C=O) groups is 2. The zero-order valence-electron chi connectivity index (χ0n) is 20.6. The summed E-state index contributed by atoms with van der Waals surface area (Å²) in [5.41, 5.74) is -0.276. The fourth-order valence-electron chi connectivity index (χ4n) is 3.60. The zero-order chi connectivity index (χ0) is 26.9. The van der Waals surface area contributed by atoms with Gasteiger partial charge >= 0.3 is 6.18 Å². The van der Waals surface area contributed by atoms with Crippen LogP contribution in [0.4, 0.5) is 18.9 Å². The van der Waals surface area contributed by atoms with Crippen molar-refractivity contribution < 1.29 is 31.2 Å². The highest BCUT2D eigenvalue weighted by atomic mass is 32.2. The molecule has 0 fully saturated rings. The number of alkyl halides is 3. The Kier molecular flexibility index (Phi) is 10.3. The van der Waals surface area contributed by atoms with Crippen LogP contribution in [0.1, 0.15) is 44.2 Å². The van der Waals surface area contributed by atoms with Gasteiger partial charge in [0.05, 0.1) is 17.5 Å². The van der Waals surface area contributed by atoms with Crippen molar-refractivity contribution in [3.05, 3.63) is 65.7 Å². The van der Waals surface area contributed by atoms with Crippen LogP contribution in [0.2, 0.25) is 0 Å². The molecule has 0 radical (unpaired) electrons. The van der Waals surface area contributed by atoms with E-state index in [9.17, 15) is 31.2 Å². The van der Waals surface area contributed by atoms with E-state index < -0.39 is 27.8 Å². The van der Waals surface area contributed by atoms with E-state index in [-0.39, 0.29) is 43.4 Å². The smallest absolute Gasteiger partial charge is 0.354 e. The van der Waals surface area contributed by atoms with Crippen LogP contribution in [-0.2, 0) is 32.3 Å². The molecule has 0 unspecified atom stereocenters. The third-order valence-corrected chi connectivity index (χ3v) is 6.72. The molecule has 7 nitrogen and oxygen atoms in total. The average molecular weight is 528 g/mol. The summed E-state index contributed by atoms with van der Waals surface area (Å²) in [6, 6.07) is 12.4. The van der Waals surface area contributed by atoms with Crippen LogP contribution in [0.3, 0.4) is 0 Å². The van der Waals surface area contributed by atoms with Crippen LogP contribution in [0.5, 0.6) is 0 Å². The van der Waals surface area contributed by atoms with Crippen molar-refractivity contribution in [2.45, 2.75) is 51.9 Å². The highest BCUT2D eigenvalue weighted by Crippen LogP contribution is 2.32. The van der Waals surface area contributed by atoms with Gasteiger partial charge in [-0.1, -0.05) is 43.3 Å². The highest BCUT2D eigenvalue weighted by Gasteiger charge is 2.32. The molecule has 1 atom stereocenters. The fourth-order valence-corrected chi connectivity index (χ4v) is 4.56. The molecule has 0 bridgehead atoms. The third kappa shape index (κ3) is 8.54. The van der Waals surface area contributed by atoms with Crippen LogP contribution >= 0.6 is 0 Å². The molecule has 0 aliphatic rings. The van der Waals surface area contributed by atoms with Crippen LogP contribution in [-0.4, -0.2) is 50.5 Å². The normalized spacial score (nSPS) is 12.6. The fraction of sp³-hybridized carbons (Fsp3) is 0.440. The largest absolute Gasteiger partial charge is 0.416 e. The van der Waals surface area contributed by atoms with Crippen molar-refractivity contribution in [2.75, 3.05) is 23.7 Å². The van der Waals surface area contributed by atoms with Crippen molar-refractivity contribution in [1.29, 1.82) is 0 Å². The highest BCUT2D eigenvalue weighted by molar-refractivity contribution is 7.92. The average Bonchev–Trinajstić information content (AvgIpc) is 2.82. The van der Waals surface area contributed by atoms with Crippen LogP contribution in [0, 0.1) is 0 Å². The molecule has 0 spiro atoms. The Hall–Kier alpha value is -3.08. The Morgan fingerprint density at radius 3 is 2.31 bits per heavy atom. The van der Waals surface area contributed by atoms with E-state index in [4.69, 9.17) is 0 Å². The lowest BCUT2D eigenvalue weighted by Crippen LogP contribution is -2.47. The van der Waals surface area contributed by atoms with E-state index in [2.05, 4.69) is 5.32 Å². The number of carbonyl (C=O) groups excluding carboxylic acids is 2. The maximum absolute atomic E-state index is 13.1. The SMILES string of the molecule is CCCNC(=O)[C@@H](C)N(Cc1ccccc1)C(=O)CCCN(c1cccc(C(F)(F)F)c1)S(C)(=O)=O. The van der Waals surface area contributed by atoms with Crippen molar-refractivity contribution >= 4 is 27.5 Å². The van der Waals surface area contributed by atoms with Gasteiger partial charge < -0.3 is 10.2 Å². The first-order valence-corrected chi connectivity index (χ1v) is 13.5. The molecule has 2 amide bonds. The Labute approximate surface area is 210 Å². The maximum atomic E-state index is 13.1. The lowest BCUT2D eigenvalue weighted by atomic mass is 10.1. The van der Waals surface area contributed by atoms with E-state index >= 15 is 0 Å². The summed E-state index contributed by atoms with van der Waals surface area (Å²) in [5, 5.41) is 2.77. The molecule has 2 aromatic carbocycles. The summed E-state index contributed by atoms with van der Waals surface area (Å²) in [6.45, 7) is 4.00. The molecular formula is C25H32F3N3O4S. The van der Waals surface area contributed by atoms with Crippen molar-refractivity contribution in [3.8, 4) is 0 Å². The van der Waals surface area contributed by atoms with Crippen LogP contribution in [0.15, 0.2) is 54.6 Å². The molecule has 0 aliphatic heterocycles. The lowest BCUT2D eigenvalue weighted by Gasteiger charge is -2.29. The van der Waals surface area contributed by atoms with Crippen molar-refractivity contribution in [2.24, 2.45) is 0 Å². The number of halogens is 3. The number of benzene rings is 2. The predicted octanol–water partition coefficient (Wildman–Crippen LogP) is 4.20. The number of nitrogens with zero attached hydrogens (tertiary/aromatic N) is 2. The van der Waals surface area contributed by atoms with Gasteiger partial charge in [0.25, 0.3) is 0 Å². The number of sulfonamides is 1. The molecule has 0 aromatic heterocycles. The molecular weight excluding hydrogens is 495 g/mol. The first-order valence-electron chi connectivity index (χ1n) is 11.6. The van der Waals surface area contributed by atoms with E-state index in [0.717, 1.165) is 40.7 Å². The van der Waals surface area contributed by atoms with Gasteiger partial charge in [-0.25, -0.2) is 8.42 Å². The molecule has 11 heteroatoms. The van der Waals surface area contributed by atoms with Crippen LogP contribution in [0.25, 0.3) is 0 Å². The minimum atomic E-state index is -4.62. The zero-order valence-corrected chi connectivity index (χ0v) is 21.4. The summed E-state index contributed by atoms with van der Waals surface area (Å²) in [5.74, 6) is -0.668. The van der Waals surface area contributed by atoms with Crippen LogP contribution < -0.4 is 9.62 Å². The van der Waals surface area contributed by atoms with E-state index in [1.807, 2.05) is 37.3 Å². The second-order valence-electron chi connectivity index (χ2n) is 8.46. The van der Waals surface area contributed by atoms with Gasteiger partial charge in [-0.2, -0.15) is 13.2 Å². The first-order chi connectivity index (χ1) is 16.8. The maximum Gasteiger partial charge on any atom is 0.416 e. The van der Waals surface area contributed by atoms with E-state index in [1.54, 1.807) is 6.92 Å². The molecule has 0 saturated heterocycles. The van der Waals surface area contributed by atoms with Crippen molar-refractivity contribution in [1.82, 2.24) is 10.2 Å². The second kappa shape index (κ2) is 12.8. The minimum absolute atomic E-state index is 0.0523. The summed E-state index contributed by atoms with van der Waals surface area (Å²) >= 11 is 0. The van der Waals surface area contributed by atoms with E-state index in [0.29, 0.717) is 6.54 Å². The number of hydrogen-bond acceptors (Lipinski definition) is 4. The summed E-state index contributed by atoms with van der Waals surface area (Å²) in [6.07, 6.45) is -3.03. The van der Waals surface area contributed by atoms with Gasteiger partial charge in [0.2, 0.25) is 21.8 Å². The molecule has 0 aliphatic carbocycles. The van der Waals surface area contributed by atoms with Gasteiger partial charge in [0.15, 0.2) is 0 Å². The Balaban J connectivity index is 2.18. The topological polar surface area (TPSA) is 86.8 Å². The second-order valence-corrected chi connectivity index (χ2v) is 10.4. The molecule has 2 rings (SSSR count). The molecule has 36 heavy (non-hydrogen) atoms. The number of hydrogen-bond donors (Lipinski definition) is 1. The molecule has 0 heterocycles. The van der Waals surface area contributed by atoms with Gasteiger partial charge in [-0.05, 0) is 43.5 Å². The molecule has 1 N–H and O–H groups in total. The van der Waals surface area contributed by atoms with Gasteiger partial charge in [0.1, 0.15) is 6.04 Å². The van der Waals surface area contributed by atoms with Gasteiger partial charge in [-0.3, -0.25) is 13.9 Å². The quantitative estimate of drug-likeness (QED) is 0.448. The number of nitrogens with one attached hydrogen (secondary N) is 1. The predicted molar refractivity (Wildman–Crippen MR) is 133 cm³/mol. The van der Waals surface area contributed by atoms with Gasteiger partial charge in [0, 0.05) is 26.1 Å². The first kappa shape index (κ1) is 29.2. The van der Waals surface area contributed by atoms with E-state index in [1.165, 1.54) is 11.0 Å². The Morgan fingerprint density at radius 2 is 1.72 bits per heavy atom. The summed E-state index contributed by atoms with van der Waals surface area (Å²) in [7, 11) is -3.91. The number of anilines is 1. The van der Waals surface area contributed by atoms with Crippen molar-refractivity contribution in [3.63, 3.8) is 0 Å².